The van der Waals surface area contributed by atoms with Crippen LogP contribution < -0.4 is 10.2 Å². The van der Waals surface area contributed by atoms with Gasteiger partial charge in [-0.1, -0.05) is 0 Å². The zero-order valence-electron chi connectivity index (χ0n) is 10.5. The molecule has 6 heteroatoms. The summed E-state index contributed by atoms with van der Waals surface area (Å²) in [5, 5.41) is 11.2. The second kappa shape index (κ2) is 4.67. The van der Waals surface area contributed by atoms with Crippen LogP contribution in [0.3, 0.4) is 0 Å². The Labute approximate surface area is 119 Å². The van der Waals surface area contributed by atoms with E-state index in [0.717, 1.165) is 5.69 Å². The Kier molecular flexibility index (Phi) is 3.33. The number of hydrogen-bond donors (Lipinski definition) is 1. The number of hydrogen-bond acceptors (Lipinski definition) is 4. The number of piperazine rings is 1. The van der Waals surface area contributed by atoms with E-state index in [4.69, 9.17) is 5.26 Å². The van der Waals surface area contributed by atoms with E-state index in [1.54, 1.807) is 36.9 Å². The van der Waals surface area contributed by atoms with Crippen LogP contribution in [0.1, 0.15) is 19.4 Å². The predicted octanol–water partition coefficient (Wildman–Crippen LogP) is 1.56. The maximum atomic E-state index is 11.9. The number of imide groups is 1. The first-order chi connectivity index (χ1) is 8.86. The topological polar surface area (TPSA) is 73.2 Å². The van der Waals surface area contributed by atoms with Crippen molar-refractivity contribution in [2.45, 2.75) is 19.4 Å². The number of nitrogens with one attached hydrogen (secondary N) is 1. The van der Waals surface area contributed by atoms with Crippen molar-refractivity contribution in [3.05, 3.63) is 28.2 Å². The van der Waals surface area contributed by atoms with Crippen LogP contribution in [0.4, 0.5) is 5.69 Å². The molecule has 0 aliphatic carbocycles. The zero-order chi connectivity index (χ0) is 14.2. The molecule has 1 aliphatic rings. The van der Waals surface area contributed by atoms with E-state index in [1.165, 1.54) is 0 Å². The van der Waals surface area contributed by atoms with Crippen molar-refractivity contribution in [2.24, 2.45) is 0 Å². The van der Waals surface area contributed by atoms with Gasteiger partial charge in [-0.25, -0.2) is 0 Å². The Balaban J connectivity index is 2.45. The van der Waals surface area contributed by atoms with Gasteiger partial charge in [-0.05, 0) is 48.0 Å². The van der Waals surface area contributed by atoms with Crippen molar-refractivity contribution < 1.29 is 9.59 Å². The molecular formula is C13H12BrN3O2. The average Bonchev–Trinajstić information content (AvgIpc) is 2.34. The molecule has 19 heavy (non-hydrogen) atoms. The second-order valence-corrected chi connectivity index (χ2v) is 5.65. The molecule has 1 saturated heterocycles. The molecule has 0 atom stereocenters. The van der Waals surface area contributed by atoms with Gasteiger partial charge < -0.3 is 4.90 Å². The van der Waals surface area contributed by atoms with Crippen molar-refractivity contribution in [2.75, 3.05) is 11.4 Å². The van der Waals surface area contributed by atoms with Gasteiger partial charge in [0.25, 0.3) is 5.91 Å². The Morgan fingerprint density at radius 2 is 2.11 bits per heavy atom. The zero-order valence-corrected chi connectivity index (χ0v) is 12.1. The quantitative estimate of drug-likeness (QED) is 0.797. The van der Waals surface area contributed by atoms with E-state index in [1.807, 2.05) is 0 Å². The fourth-order valence-corrected chi connectivity index (χ4v) is 2.41. The molecule has 2 amide bonds. The molecule has 2 rings (SSSR count). The van der Waals surface area contributed by atoms with Crippen LogP contribution >= 0.6 is 15.9 Å². The van der Waals surface area contributed by atoms with Gasteiger partial charge >= 0.3 is 0 Å². The fourth-order valence-electron chi connectivity index (χ4n) is 1.96. The lowest BCUT2D eigenvalue weighted by molar-refractivity contribution is -0.135. The highest BCUT2D eigenvalue weighted by Gasteiger charge is 2.41. The molecule has 1 aromatic rings. The largest absolute Gasteiger partial charge is 0.348 e. The molecule has 0 aromatic heterocycles. The Hall–Kier alpha value is -1.87. The number of carbonyl (C=O) groups excluding carboxylic acids is 2. The van der Waals surface area contributed by atoms with Gasteiger partial charge in [0.05, 0.1) is 12.1 Å². The minimum atomic E-state index is -0.818. The summed E-state index contributed by atoms with van der Waals surface area (Å²) < 4.78 is 0.640. The molecule has 1 heterocycles. The van der Waals surface area contributed by atoms with Gasteiger partial charge in [-0.15, -0.1) is 0 Å². The first kappa shape index (κ1) is 13.6. The summed E-state index contributed by atoms with van der Waals surface area (Å²) in [6.07, 6.45) is 0. The highest BCUT2D eigenvalue weighted by Crippen LogP contribution is 2.30. The Morgan fingerprint density at radius 1 is 1.42 bits per heavy atom. The lowest BCUT2D eigenvalue weighted by Gasteiger charge is -2.41. The van der Waals surface area contributed by atoms with Crippen LogP contribution in [0.5, 0.6) is 0 Å². The monoisotopic (exact) mass is 321 g/mol. The van der Waals surface area contributed by atoms with Crippen LogP contribution in [0.25, 0.3) is 0 Å². The van der Waals surface area contributed by atoms with E-state index in [2.05, 4.69) is 27.3 Å². The minimum Gasteiger partial charge on any atom is -0.348 e. The van der Waals surface area contributed by atoms with Gasteiger partial charge in [0.1, 0.15) is 11.6 Å². The van der Waals surface area contributed by atoms with Crippen molar-refractivity contribution in [3.8, 4) is 6.07 Å². The third-order valence-electron chi connectivity index (χ3n) is 3.17. The highest BCUT2D eigenvalue weighted by molar-refractivity contribution is 9.10. The number of nitrogens with zero attached hydrogens (tertiary/aromatic N) is 2. The molecule has 5 nitrogen and oxygen atoms in total. The van der Waals surface area contributed by atoms with Gasteiger partial charge in [-0.3, -0.25) is 14.9 Å². The number of carbonyl (C=O) groups is 2. The molecule has 0 spiro atoms. The molecule has 0 saturated carbocycles. The first-order valence-electron chi connectivity index (χ1n) is 5.68. The summed E-state index contributed by atoms with van der Waals surface area (Å²) in [5.41, 5.74) is 0.412. The van der Waals surface area contributed by atoms with E-state index < -0.39 is 5.54 Å². The van der Waals surface area contributed by atoms with Crippen LogP contribution in [-0.4, -0.2) is 23.9 Å². The van der Waals surface area contributed by atoms with Gasteiger partial charge in [0.15, 0.2) is 0 Å². The summed E-state index contributed by atoms with van der Waals surface area (Å²) in [7, 11) is 0. The van der Waals surface area contributed by atoms with E-state index in [9.17, 15) is 9.59 Å². The third-order valence-corrected chi connectivity index (χ3v) is 3.83. The van der Waals surface area contributed by atoms with Crippen molar-refractivity contribution >= 4 is 33.4 Å². The molecule has 1 aliphatic heterocycles. The number of halogens is 1. The molecule has 0 bridgehead atoms. The summed E-state index contributed by atoms with van der Waals surface area (Å²) in [5.74, 6) is -0.658. The standard InChI is InChI=1S/C13H12BrN3O2/c1-13(2)12(19)16-11(18)7-17(13)9-4-3-8(6-15)10(14)5-9/h3-5H,7H2,1-2H3,(H,16,18,19). The molecule has 0 unspecified atom stereocenters. The lowest BCUT2D eigenvalue weighted by atomic mass is 9.97. The summed E-state index contributed by atoms with van der Waals surface area (Å²) in [4.78, 5) is 25.1. The normalized spacial score (nSPS) is 17.9. The maximum Gasteiger partial charge on any atom is 0.251 e. The van der Waals surface area contributed by atoms with Gasteiger partial charge in [0.2, 0.25) is 5.91 Å². The molecule has 98 valence electrons. The van der Waals surface area contributed by atoms with Crippen LogP contribution in [0.15, 0.2) is 22.7 Å². The number of anilines is 1. The van der Waals surface area contributed by atoms with E-state index in [-0.39, 0.29) is 18.4 Å². The van der Waals surface area contributed by atoms with Crippen molar-refractivity contribution in [3.63, 3.8) is 0 Å². The summed E-state index contributed by atoms with van der Waals surface area (Å²) in [6.45, 7) is 3.61. The van der Waals surface area contributed by atoms with Crippen molar-refractivity contribution in [1.82, 2.24) is 5.32 Å². The molecule has 1 N–H and O–H groups in total. The number of rotatable bonds is 1. The second-order valence-electron chi connectivity index (χ2n) is 4.80. The van der Waals surface area contributed by atoms with Crippen molar-refractivity contribution in [1.29, 1.82) is 5.26 Å². The molecular weight excluding hydrogens is 310 g/mol. The molecule has 1 aromatic carbocycles. The van der Waals surface area contributed by atoms with E-state index in [0.29, 0.717) is 10.0 Å². The highest BCUT2D eigenvalue weighted by atomic mass is 79.9. The smallest absolute Gasteiger partial charge is 0.251 e. The van der Waals surface area contributed by atoms with Gasteiger partial charge in [0, 0.05) is 10.2 Å². The van der Waals surface area contributed by atoms with E-state index >= 15 is 0 Å². The number of benzene rings is 1. The fraction of sp³-hybridized carbons (Fsp3) is 0.308. The average molecular weight is 322 g/mol. The van der Waals surface area contributed by atoms with Gasteiger partial charge in [-0.2, -0.15) is 5.26 Å². The Bertz CT molecular complexity index is 604. The predicted molar refractivity (Wildman–Crippen MR) is 73.4 cm³/mol. The van der Waals surface area contributed by atoms with Crippen LogP contribution in [0, 0.1) is 11.3 Å². The maximum absolute atomic E-state index is 11.9. The molecule has 0 radical (unpaired) electrons. The number of amides is 2. The summed E-state index contributed by atoms with van der Waals surface area (Å²) >= 11 is 3.31. The summed E-state index contributed by atoms with van der Waals surface area (Å²) in [6, 6.07) is 7.19. The van der Waals surface area contributed by atoms with Crippen LogP contribution in [-0.2, 0) is 9.59 Å². The SMILES string of the molecule is CC1(C)C(=O)NC(=O)CN1c1ccc(C#N)c(Br)c1. The first-order valence-corrected chi connectivity index (χ1v) is 6.47. The number of nitriles is 1. The van der Waals surface area contributed by atoms with Crippen LogP contribution in [0.2, 0.25) is 0 Å². The third kappa shape index (κ3) is 2.34. The molecule has 1 fully saturated rings. The Morgan fingerprint density at radius 3 is 2.68 bits per heavy atom. The lowest BCUT2D eigenvalue weighted by Crippen LogP contribution is -2.64. The minimum absolute atomic E-state index is 0.108.